The van der Waals surface area contributed by atoms with Crippen molar-refractivity contribution in [3.05, 3.63) is 53.1 Å². The molecule has 0 saturated carbocycles. The van der Waals surface area contributed by atoms with Crippen LogP contribution in [0.1, 0.15) is 5.56 Å². The summed E-state index contributed by atoms with van der Waals surface area (Å²) in [5, 5.41) is 8.97. The van der Waals surface area contributed by atoms with E-state index in [-0.39, 0.29) is 0 Å². The van der Waals surface area contributed by atoms with Crippen LogP contribution in [-0.2, 0) is 4.79 Å². The van der Waals surface area contributed by atoms with Crippen LogP contribution in [0.5, 0.6) is 0 Å². The van der Waals surface area contributed by atoms with Gasteiger partial charge in [0.05, 0.1) is 0 Å². The number of aliphatic carboxylic acids is 1. The molecule has 2 nitrogen and oxygen atoms in total. The van der Waals surface area contributed by atoms with Gasteiger partial charge < -0.3 is 5.11 Å². The monoisotopic (exact) mass is 208 g/mol. The van der Waals surface area contributed by atoms with Gasteiger partial charge in [0, 0.05) is 11.1 Å². The summed E-state index contributed by atoms with van der Waals surface area (Å²) in [6.45, 7) is 0. The molecule has 14 heavy (non-hydrogen) atoms. The lowest BCUT2D eigenvalue weighted by molar-refractivity contribution is -0.131. The molecule has 0 fully saturated rings. The first-order valence-corrected chi connectivity index (χ1v) is 4.39. The molecule has 0 aromatic heterocycles. The second-order valence-corrected chi connectivity index (χ2v) is 3.05. The third-order valence-electron chi connectivity index (χ3n) is 1.49. The van der Waals surface area contributed by atoms with E-state index >= 15 is 0 Å². The summed E-state index contributed by atoms with van der Waals surface area (Å²) in [5.74, 6) is -0.958. The Balaban J connectivity index is 2.64. The maximum atomic E-state index is 10.1. The van der Waals surface area contributed by atoms with E-state index in [4.69, 9.17) is 16.7 Å². The summed E-state index contributed by atoms with van der Waals surface area (Å²) in [6.07, 6.45) is 5.97. The first-order chi connectivity index (χ1) is 6.68. The van der Waals surface area contributed by atoms with Crippen molar-refractivity contribution in [1.82, 2.24) is 0 Å². The molecule has 0 saturated heterocycles. The SMILES string of the molecule is O=C(O)C=CC=Cc1cccc(Cl)c1. The number of allylic oxidation sites excluding steroid dienone is 2. The van der Waals surface area contributed by atoms with Crippen molar-refractivity contribution < 1.29 is 9.90 Å². The van der Waals surface area contributed by atoms with Crippen molar-refractivity contribution in [2.75, 3.05) is 0 Å². The highest BCUT2D eigenvalue weighted by Crippen LogP contribution is 2.11. The van der Waals surface area contributed by atoms with E-state index in [2.05, 4.69) is 0 Å². The number of carboxylic acids is 1. The van der Waals surface area contributed by atoms with Crippen LogP contribution in [-0.4, -0.2) is 11.1 Å². The second kappa shape index (κ2) is 5.25. The Kier molecular flexibility index (Phi) is 3.95. The summed E-state index contributed by atoms with van der Waals surface area (Å²) in [5.41, 5.74) is 0.938. The van der Waals surface area contributed by atoms with Crippen molar-refractivity contribution >= 4 is 23.6 Å². The quantitative estimate of drug-likeness (QED) is 0.613. The molecule has 0 amide bonds. The Bertz CT molecular complexity index is 381. The molecular weight excluding hydrogens is 200 g/mol. The van der Waals surface area contributed by atoms with Gasteiger partial charge in [-0.2, -0.15) is 0 Å². The van der Waals surface area contributed by atoms with E-state index in [1.807, 2.05) is 12.1 Å². The lowest BCUT2D eigenvalue weighted by Gasteiger charge is -1.92. The fourth-order valence-corrected chi connectivity index (χ4v) is 1.11. The van der Waals surface area contributed by atoms with E-state index in [1.165, 1.54) is 6.08 Å². The number of hydrogen-bond donors (Lipinski definition) is 1. The van der Waals surface area contributed by atoms with Gasteiger partial charge >= 0.3 is 5.97 Å². The highest BCUT2D eigenvalue weighted by Gasteiger charge is 1.87. The van der Waals surface area contributed by atoms with Crippen LogP contribution in [0.15, 0.2) is 42.5 Å². The molecule has 0 atom stereocenters. The van der Waals surface area contributed by atoms with Gasteiger partial charge in [0.25, 0.3) is 0 Å². The van der Waals surface area contributed by atoms with Crippen molar-refractivity contribution in [2.24, 2.45) is 0 Å². The summed E-state index contributed by atoms with van der Waals surface area (Å²) < 4.78 is 0. The first kappa shape index (κ1) is 10.5. The number of carboxylic acid groups (broad SMARTS) is 1. The fraction of sp³-hybridized carbons (Fsp3) is 0. The molecule has 0 spiro atoms. The van der Waals surface area contributed by atoms with Gasteiger partial charge in [-0.15, -0.1) is 0 Å². The molecule has 0 radical (unpaired) electrons. The smallest absolute Gasteiger partial charge is 0.328 e. The molecule has 1 aromatic rings. The Labute approximate surface area is 87.1 Å². The van der Waals surface area contributed by atoms with Crippen LogP contribution >= 0.6 is 11.6 Å². The predicted octanol–water partition coefficient (Wildman–Crippen LogP) is 2.99. The predicted molar refractivity (Wildman–Crippen MR) is 57.3 cm³/mol. The van der Waals surface area contributed by atoms with Gasteiger partial charge in [-0.25, -0.2) is 4.79 Å². The third kappa shape index (κ3) is 3.92. The summed E-state index contributed by atoms with van der Waals surface area (Å²) in [4.78, 5) is 10.1. The van der Waals surface area contributed by atoms with Gasteiger partial charge in [-0.1, -0.05) is 42.0 Å². The molecule has 1 N–H and O–H groups in total. The van der Waals surface area contributed by atoms with Gasteiger partial charge in [-0.05, 0) is 17.7 Å². The van der Waals surface area contributed by atoms with E-state index in [0.29, 0.717) is 5.02 Å². The van der Waals surface area contributed by atoms with Gasteiger partial charge in [-0.3, -0.25) is 0 Å². The van der Waals surface area contributed by atoms with Crippen LogP contribution in [0.3, 0.4) is 0 Å². The number of halogens is 1. The van der Waals surface area contributed by atoms with Crippen LogP contribution in [0.4, 0.5) is 0 Å². The third-order valence-corrected chi connectivity index (χ3v) is 1.72. The van der Waals surface area contributed by atoms with Gasteiger partial charge in [0.15, 0.2) is 0 Å². The minimum atomic E-state index is -0.958. The van der Waals surface area contributed by atoms with Crippen LogP contribution in [0.2, 0.25) is 5.02 Å². The zero-order valence-electron chi connectivity index (χ0n) is 7.35. The number of hydrogen-bond acceptors (Lipinski definition) is 1. The first-order valence-electron chi connectivity index (χ1n) is 4.02. The topological polar surface area (TPSA) is 37.3 Å². The Hall–Kier alpha value is -1.54. The second-order valence-electron chi connectivity index (χ2n) is 2.61. The highest BCUT2D eigenvalue weighted by atomic mass is 35.5. The van der Waals surface area contributed by atoms with E-state index in [1.54, 1.807) is 24.3 Å². The van der Waals surface area contributed by atoms with Crippen LogP contribution in [0.25, 0.3) is 6.08 Å². The number of benzene rings is 1. The molecule has 0 unspecified atom stereocenters. The molecule has 0 aliphatic rings. The zero-order valence-corrected chi connectivity index (χ0v) is 8.11. The summed E-state index contributed by atoms with van der Waals surface area (Å²) >= 11 is 5.76. The molecule has 0 aliphatic heterocycles. The average Bonchev–Trinajstić information content (AvgIpc) is 2.12. The normalized spacial score (nSPS) is 11.2. The van der Waals surface area contributed by atoms with E-state index in [9.17, 15) is 4.79 Å². The fourth-order valence-electron chi connectivity index (χ4n) is 0.915. The van der Waals surface area contributed by atoms with Crippen molar-refractivity contribution in [1.29, 1.82) is 0 Å². The lowest BCUT2D eigenvalue weighted by Crippen LogP contribution is -1.84. The Morgan fingerprint density at radius 2 is 2.14 bits per heavy atom. The number of rotatable bonds is 3. The van der Waals surface area contributed by atoms with Gasteiger partial charge in [0.1, 0.15) is 0 Å². The molecule has 0 heterocycles. The van der Waals surface area contributed by atoms with Crippen LogP contribution < -0.4 is 0 Å². The highest BCUT2D eigenvalue weighted by molar-refractivity contribution is 6.30. The molecular formula is C11H9ClO2. The number of carbonyl (C=O) groups is 1. The molecule has 1 aromatic carbocycles. The van der Waals surface area contributed by atoms with Crippen molar-refractivity contribution in [3.8, 4) is 0 Å². The van der Waals surface area contributed by atoms with E-state index < -0.39 is 5.97 Å². The molecule has 72 valence electrons. The Morgan fingerprint density at radius 1 is 1.36 bits per heavy atom. The van der Waals surface area contributed by atoms with Crippen LogP contribution in [0, 0.1) is 0 Å². The van der Waals surface area contributed by atoms with Crippen molar-refractivity contribution in [3.63, 3.8) is 0 Å². The maximum Gasteiger partial charge on any atom is 0.328 e. The molecule has 3 heteroatoms. The maximum absolute atomic E-state index is 10.1. The summed E-state index contributed by atoms with van der Waals surface area (Å²) in [7, 11) is 0. The lowest BCUT2D eigenvalue weighted by atomic mass is 10.2. The summed E-state index contributed by atoms with van der Waals surface area (Å²) in [6, 6.07) is 7.30. The van der Waals surface area contributed by atoms with Crippen molar-refractivity contribution in [2.45, 2.75) is 0 Å². The minimum absolute atomic E-state index is 0.661. The standard InChI is InChI=1S/C11H9ClO2/c12-10-6-3-5-9(8-10)4-1-2-7-11(13)14/h1-8H,(H,13,14). The van der Waals surface area contributed by atoms with Gasteiger partial charge in [0.2, 0.25) is 0 Å². The zero-order chi connectivity index (χ0) is 10.4. The Morgan fingerprint density at radius 3 is 2.79 bits per heavy atom. The van der Waals surface area contributed by atoms with E-state index in [0.717, 1.165) is 11.6 Å². The largest absolute Gasteiger partial charge is 0.478 e. The minimum Gasteiger partial charge on any atom is -0.478 e. The molecule has 1 rings (SSSR count). The molecule has 0 aliphatic carbocycles. The average molecular weight is 209 g/mol. The molecule has 0 bridgehead atoms.